The number of hydrogen-bond acceptors (Lipinski definition) is 4. The number of para-hydroxylation sites is 2. The Hall–Kier alpha value is -2.53. The number of nitrogens with zero attached hydrogens (tertiary/aromatic N) is 2. The third-order valence-corrected chi connectivity index (χ3v) is 5.30. The number of imidazole rings is 1. The molecule has 0 fully saturated rings. The van der Waals surface area contributed by atoms with Gasteiger partial charge in [-0.05, 0) is 57.4 Å². The van der Waals surface area contributed by atoms with Gasteiger partial charge in [-0.1, -0.05) is 19.1 Å². The van der Waals surface area contributed by atoms with Crippen LogP contribution >= 0.6 is 0 Å². The van der Waals surface area contributed by atoms with Gasteiger partial charge in [-0.2, -0.15) is 0 Å². The standard InChI is InChI=1S/C22H27N3O2/c1-4-13-27-21-16-10-9-14(2)25(15(3)26)20(16)12-11-17(21)22-23-18-7-5-6-8-19(18)24-22/h5-8,11-12,14-15,26H,4,9-10,13H2,1-3H3,(H,23,24)/t14-,15?/m0/s1. The second kappa shape index (κ2) is 7.24. The van der Waals surface area contributed by atoms with E-state index in [1.807, 2.05) is 31.2 Å². The van der Waals surface area contributed by atoms with Gasteiger partial charge in [0.2, 0.25) is 0 Å². The van der Waals surface area contributed by atoms with Crippen molar-refractivity contribution in [2.45, 2.75) is 52.3 Å². The van der Waals surface area contributed by atoms with E-state index < -0.39 is 6.23 Å². The summed E-state index contributed by atoms with van der Waals surface area (Å²) in [4.78, 5) is 10.3. The zero-order chi connectivity index (χ0) is 19.0. The number of H-pyrrole nitrogens is 1. The first-order valence-electron chi connectivity index (χ1n) is 9.80. The van der Waals surface area contributed by atoms with Gasteiger partial charge in [0.25, 0.3) is 0 Å². The molecule has 2 N–H and O–H groups in total. The fraction of sp³-hybridized carbons (Fsp3) is 0.409. The second-order valence-electron chi connectivity index (χ2n) is 7.32. The number of nitrogens with one attached hydrogen (secondary N) is 1. The third kappa shape index (κ3) is 3.16. The van der Waals surface area contributed by atoms with Crippen molar-refractivity contribution in [3.63, 3.8) is 0 Å². The van der Waals surface area contributed by atoms with Crippen LogP contribution in [0.4, 0.5) is 5.69 Å². The lowest BCUT2D eigenvalue weighted by Crippen LogP contribution is -2.43. The maximum absolute atomic E-state index is 10.3. The Bertz CT molecular complexity index is 915. The molecule has 0 aliphatic carbocycles. The van der Waals surface area contributed by atoms with Crippen LogP contribution in [0.1, 0.15) is 39.2 Å². The smallest absolute Gasteiger partial charge is 0.142 e. The molecule has 1 aromatic heterocycles. The van der Waals surface area contributed by atoms with Crippen LogP contribution in [0.2, 0.25) is 0 Å². The average molecular weight is 365 g/mol. The number of rotatable bonds is 5. The van der Waals surface area contributed by atoms with Gasteiger partial charge < -0.3 is 19.7 Å². The van der Waals surface area contributed by atoms with Gasteiger partial charge in [-0.3, -0.25) is 0 Å². The number of benzene rings is 2. The van der Waals surface area contributed by atoms with Gasteiger partial charge in [-0.15, -0.1) is 0 Å². The van der Waals surface area contributed by atoms with E-state index >= 15 is 0 Å². The molecule has 0 bridgehead atoms. The van der Waals surface area contributed by atoms with E-state index in [9.17, 15) is 5.11 Å². The first-order valence-corrected chi connectivity index (χ1v) is 9.80. The van der Waals surface area contributed by atoms with Crippen molar-refractivity contribution in [3.8, 4) is 17.1 Å². The van der Waals surface area contributed by atoms with Gasteiger partial charge in [0.05, 0.1) is 23.2 Å². The van der Waals surface area contributed by atoms with Crippen molar-refractivity contribution in [2.24, 2.45) is 0 Å². The van der Waals surface area contributed by atoms with E-state index in [0.29, 0.717) is 12.6 Å². The summed E-state index contributed by atoms with van der Waals surface area (Å²) < 4.78 is 6.23. The molecule has 5 heteroatoms. The lowest BCUT2D eigenvalue weighted by Gasteiger charge is -2.40. The quantitative estimate of drug-likeness (QED) is 0.699. The van der Waals surface area contributed by atoms with Crippen molar-refractivity contribution in [1.82, 2.24) is 9.97 Å². The van der Waals surface area contributed by atoms with Crippen LogP contribution in [0.25, 0.3) is 22.4 Å². The predicted octanol–water partition coefficient (Wildman–Crippen LogP) is 4.50. The first-order chi connectivity index (χ1) is 13.1. The Kier molecular flexibility index (Phi) is 4.79. The van der Waals surface area contributed by atoms with Crippen LogP contribution in [0, 0.1) is 0 Å². The molecule has 4 rings (SSSR count). The van der Waals surface area contributed by atoms with Crippen LogP contribution < -0.4 is 9.64 Å². The molecule has 2 atom stereocenters. The average Bonchev–Trinajstić information content (AvgIpc) is 3.09. The summed E-state index contributed by atoms with van der Waals surface area (Å²) in [6.45, 7) is 6.76. The molecule has 2 aromatic carbocycles. The summed E-state index contributed by atoms with van der Waals surface area (Å²) in [5.74, 6) is 1.72. The summed E-state index contributed by atoms with van der Waals surface area (Å²) in [7, 11) is 0. The number of anilines is 1. The van der Waals surface area contributed by atoms with Gasteiger partial charge in [-0.25, -0.2) is 4.98 Å². The number of aromatic nitrogens is 2. The highest BCUT2D eigenvalue weighted by atomic mass is 16.5. The zero-order valence-electron chi connectivity index (χ0n) is 16.2. The lowest BCUT2D eigenvalue weighted by atomic mass is 9.93. The number of aliphatic hydroxyl groups is 1. The Morgan fingerprint density at radius 2 is 2.11 bits per heavy atom. The summed E-state index contributed by atoms with van der Waals surface area (Å²) in [5.41, 5.74) is 5.19. The highest BCUT2D eigenvalue weighted by Crippen LogP contribution is 2.43. The molecule has 1 unspecified atom stereocenters. The summed E-state index contributed by atoms with van der Waals surface area (Å²) in [6.07, 6.45) is 2.34. The van der Waals surface area contributed by atoms with E-state index in [1.54, 1.807) is 0 Å². The fourth-order valence-corrected chi connectivity index (χ4v) is 4.04. The minimum atomic E-state index is -0.532. The van der Waals surface area contributed by atoms with Crippen molar-refractivity contribution in [2.75, 3.05) is 11.5 Å². The number of hydrogen-bond donors (Lipinski definition) is 2. The normalized spacial score (nSPS) is 17.8. The molecule has 0 radical (unpaired) electrons. The van der Waals surface area contributed by atoms with Crippen LogP contribution in [0.5, 0.6) is 5.75 Å². The summed E-state index contributed by atoms with van der Waals surface area (Å²) in [5, 5.41) is 10.3. The van der Waals surface area contributed by atoms with E-state index in [0.717, 1.165) is 53.1 Å². The van der Waals surface area contributed by atoms with Gasteiger partial charge in [0, 0.05) is 17.3 Å². The molecular weight excluding hydrogens is 338 g/mol. The van der Waals surface area contributed by atoms with Crippen molar-refractivity contribution in [1.29, 1.82) is 0 Å². The second-order valence-corrected chi connectivity index (χ2v) is 7.32. The Morgan fingerprint density at radius 1 is 1.30 bits per heavy atom. The molecule has 2 heterocycles. The van der Waals surface area contributed by atoms with Crippen LogP contribution in [0.15, 0.2) is 36.4 Å². The van der Waals surface area contributed by atoms with E-state index in [-0.39, 0.29) is 0 Å². The Balaban J connectivity index is 1.87. The topological polar surface area (TPSA) is 61.4 Å². The van der Waals surface area contributed by atoms with Crippen LogP contribution in [0.3, 0.4) is 0 Å². The molecule has 142 valence electrons. The SMILES string of the molecule is CCCOc1c(-c2nc3ccccc3[nH]2)ccc2c1CC[C@H](C)N2C(C)O. The minimum Gasteiger partial charge on any atom is -0.492 e. The monoisotopic (exact) mass is 365 g/mol. The maximum Gasteiger partial charge on any atom is 0.142 e. The maximum atomic E-state index is 10.3. The highest BCUT2D eigenvalue weighted by Gasteiger charge is 2.30. The first kappa shape index (κ1) is 17.9. The molecule has 1 aliphatic heterocycles. The predicted molar refractivity (Wildman–Crippen MR) is 109 cm³/mol. The van der Waals surface area contributed by atoms with Gasteiger partial charge in [0.1, 0.15) is 17.8 Å². The molecule has 0 saturated carbocycles. The number of fused-ring (bicyclic) bond motifs is 2. The van der Waals surface area contributed by atoms with E-state index in [4.69, 9.17) is 9.72 Å². The van der Waals surface area contributed by atoms with Gasteiger partial charge in [0.15, 0.2) is 0 Å². The fourth-order valence-electron chi connectivity index (χ4n) is 4.04. The van der Waals surface area contributed by atoms with E-state index in [1.165, 1.54) is 5.56 Å². The lowest BCUT2D eigenvalue weighted by molar-refractivity contribution is 0.174. The van der Waals surface area contributed by atoms with Crippen LogP contribution in [-0.2, 0) is 6.42 Å². The third-order valence-electron chi connectivity index (χ3n) is 5.30. The largest absolute Gasteiger partial charge is 0.492 e. The summed E-state index contributed by atoms with van der Waals surface area (Å²) >= 11 is 0. The van der Waals surface area contributed by atoms with Crippen molar-refractivity contribution in [3.05, 3.63) is 42.0 Å². The van der Waals surface area contributed by atoms with Crippen molar-refractivity contribution >= 4 is 16.7 Å². The van der Waals surface area contributed by atoms with Gasteiger partial charge >= 0.3 is 0 Å². The summed E-state index contributed by atoms with van der Waals surface area (Å²) in [6, 6.07) is 12.5. The van der Waals surface area contributed by atoms with Crippen LogP contribution in [-0.4, -0.2) is 34.0 Å². The molecule has 0 spiro atoms. The van der Waals surface area contributed by atoms with Crippen molar-refractivity contribution < 1.29 is 9.84 Å². The minimum absolute atomic E-state index is 0.300. The molecule has 27 heavy (non-hydrogen) atoms. The molecule has 1 aliphatic rings. The molecule has 0 amide bonds. The number of aliphatic hydroxyl groups excluding tert-OH is 1. The number of ether oxygens (including phenoxy) is 1. The number of aromatic amines is 1. The van der Waals surface area contributed by atoms with E-state index in [2.05, 4.69) is 35.9 Å². The molecular formula is C22H27N3O2. The zero-order valence-corrected chi connectivity index (χ0v) is 16.2. The molecule has 3 aromatic rings. The highest BCUT2D eigenvalue weighted by molar-refractivity contribution is 5.82. The Labute approximate surface area is 160 Å². The molecule has 0 saturated heterocycles. The molecule has 5 nitrogen and oxygen atoms in total. The Morgan fingerprint density at radius 3 is 2.85 bits per heavy atom.